The maximum atomic E-state index is 5.88. The van der Waals surface area contributed by atoms with Crippen molar-refractivity contribution in [3.05, 3.63) is 23.7 Å². The summed E-state index contributed by atoms with van der Waals surface area (Å²) in [6.45, 7) is 8.38. The predicted octanol–water partition coefficient (Wildman–Crippen LogP) is 1.94. The van der Waals surface area contributed by atoms with Gasteiger partial charge >= 0.3 is 0 Å². The SMILES string of the molecule is COCCN(C(C)C)C(CN)c1ccc(C)o1. The Bertz CT molecular complexity index is 323. The molecular formula is C13H24N2O2. The average molecular weight is 240 g/mol. The number of hydrogen-bond donors (Lipinski definition) is 1. The van der Waals surface area contributed by atoms with Crippen LogP contribution in [0.2, 0.25) is 0 Å². The molecule has 0 aromatic carbocycles. The van der Waals surface area contributed by atoms with Crippen molar-refractivity contribution < 1.29 is 9.15 Å². The molecule has 0 saturated carbocycles. The second-order valence-electron chi connectivity index (χ2n) is 4.52. The van der Waals surface area contributed by atoms with Gasteiger partial charge in [-0.25, -0.2) is 0 Å². The lowest BCUT2D eigenvalue weighted by molar-refractivity contribution is 0.0887. The Labute approximate surface area is 104 Å². The molecule has 1 aromatic heterocycles. The number of ether oxygens (including phenoxy) is 1. The first kappa shape index (κ1) is 14.2. The third-order valence-electron chi connectivity index (χ3n) is 2.93. The Morgan fingerprint density at radius 1 is 1.41 bits per heavy atom. The number of aryl methyl sites for hydroxylation is 1. The Morgan fingerprint density at radius 3 is 2.53 bits per heavy atom. The van der Waals surface area contributed by atoms with Crippen LogP contribution < -0.4 is 5.73 Å². The lowest BCUT2D eigenvalue weighted by Crippen LogP contribution is -2.40. The van der Waals surface area contributed by atoms with E-state index in [0.29, 0.717) is 19.2 Å². The predicted molar refractivity (Wildman–Crippen MR) is 69.0 cm³/mol. The summed E-state index contributed by atoms with van der Waals surface area (Å²) in [7, 11) is 1.72. The molecule has 0 aliphatic rings. The molecule has 0 bridgehead atoms. The highest BCUT2D eigenvalue weighted by atomic mass is 16.5. The van der Waals surface area contributed by atoms with Gasteiger partial charge in [0.05, 0.1) is 12.6 Å². The van der Waals surface area contributed by atoms with Crippen LogP contribution in [0.15, 0.2) is 16.5 Å². The molecule has 4 heteroatoms. The molecule has 0 radical (unpaired) electrons. The van der Waals surface area contributed by atoms with Gasteiger partial charge in [0.2, 0.25) is 0 Å². The molecule has 0 saturated heterocycles. The van der Waals surface area contributed by atoms with Gasteiger partial charge in [0.1, 0.15) is 11.5 Å². The second-order valence-corrected chi connectivity index (χ2v) is 4.52. The van der Waals surface area contributed by atoms with Crippen LogP contribution in [0.3, 0.4) is 0 Å². The summed E-state index contributed by atoms with van der Waals surface area (Å²) in [5.74, 6) is 1.86. The molecule has 98 valence electrons. The zero-order valence-electron chi connectivity index (χ0n) is 11.3. The zero-order valence-corrected chi connectivity index (χ0v) is 11.3. The van der Waals surface area contributed by atoms with Crippen molar-refractivity contribution in [3.8, 4) is 0 Å². The third kappa shape index (κ3) is 3.84. The molecule has 1 atom stereocenters. The second kappa shape index (κ2) is 6.79. The van der Waals surface area contributed by atoms with Crippen molar-refractivity contribution in [2.45, 2.75) is 32.9 Å². The van der Waals surface area contributed by atoms with Crippen LogP contribution in [-0.4, -0.2) is 37.7 Å². The molecule has 1 heterocycles. The summed E-state index contributed by atoms with van der Waals surface area (Å²) >= 11 is 0. The number of methoxy groups -OCH3 is 1. The fourth-order valence-corrected chi connectivity index (χ4v) is 2.02. The number of hydrogen-bond acceptors (Lipinski definition) is 4. The number of rotatable bonds is 7. The van der Waals surface area contributed by atoms with Gasteiger partial charge in [-0.1, -0.05) is 0 Å². The van der Waals surface area contributed by atoms with E-state index in [2.05, 4.69) is 18.7 Å². The fraction of sp³-hybridized carbons (Fsp3) is 0.692. The summed E-state index contributed by atoms with van der Waals surface area (Å²) in [5.41, 5.74) is 5.88. The highest BCUT2D eigenvalue weighted by Crippen LogP contribution is 2.23. The lowest BCUT2D eigenvalue weighted by atomic mass is 10.1. The molecule has 17 heavy (non-hydrogen) atoms. The Morgan fingerprint density at radius 2 is 2.12 bits per heavy atom. The van der Waals surface area contributed by atoms with Gasteiger partial charge in [0.25, 0.3) is 0 Å². The van der Waals surface area contributed by atoms with Gasteiger partial charge in [-0.3, -0.25) is 4.90 Å². The number of nitrogens with zero attached hydrogens (tertiary/aromatic N) is 1. The first-order chi connectivity index (χ1) is 8.10. The molecule has 0 fully saturated rings. The molecule has 0 aliphatic carbocycles. The summed E-state index contributed by atoms with van der Waals surface area (Å²) in [5, 5.41) is 0. The van der Waals surface area contributed by atoms with E-state index in [9.17, 15) is 0 Å². The smallest absolute Gasteiger partial charge is 0.122 e. The highest BCUT2D eigenvalue weighted by molar-refractivity contribution is 5.10. The van der Waals surface area contributed by atoms with E-state index in [-0.39, 0.29) is 6.04 Å². The monoisotopic (exact) mass is 240 g/mol. The van der Waals surface area contributed by atoms with Crippen LogP contribution in [-0.2, 0) is 4.74 Å². The molecular weight excluding hydrogens is 216 g/mol. The van der Waals surface area contributed by atoms with Crippen molar-refractivity contribution in [1.82, 2.24) is 4.90 Å². The maximum Gasteiger partial charge on any atom is 0.122 e. The van der Waals surface area contributed by atoms with E-state index in [1.54, 1.807) is 7.11 Å². The van der Waals surface area contributed by atoms with E-state index < -0.39 is 0 Å². The Balaban J connectivity index is 2.81. The van der Waals surface area contributed by atoms with E-state index in [1.807, 2.05) is 19.1 Å². The first-order valence-corrected chi connectivity index (χ1v) is 6.11. The van der Waals surface area contributed by atoms with Crippen molar-refractivity contribution in [3.63, 3.8) is 0 Å². The van der Waals surface area contributed by atoms with Gasteiger partial charge in [-0.15, -0.1) is 0 Å². The normalized spacial score (nSPS) is 13.6. The summed E-state index contributed by atoms with van der Waals surface area (Å²) in [6, 6.07) is 4.52. The lowest BCUT2D eigenvalue weighted by Gasteiger charge is -2.32. The van der Waals surface area contributed by atoms with Gasteiger partial charge < -0.3 is 14.9 Å². The minimum absolute atomic E-state index is 0.124. The number of nitrogens with two attached hydrogens (primary N) is 1. The minimum atomic E-state index is 0.124. The summed E-state index contributed by atoms with van der Waals surface area (Å²) < 4.78 is 10.8. The quantitative estimate of drug-likeness (QED) is 0.791. The van der Waals surface area contributed by atoms with Crippen LogP contribution in [0.4, 0.5) is 0 Å². The van der Waals surface area contributed by atoms with Gasteiger partial charge in [-0.2, -0.15) is 0 Å². The maximum absolute atomic E-state index is 5.88. The van der Waals surface area contributed by atoms with E-state index >= 15 is 0 Å². The minimum Gasteiger partial charge on any atom is -0.465 e. The van der Waals surface area contributed by atoms with Crippen LogP contribution in [0.25, 0.3) is 0 Å². The molecule has 0 aliphatic heterocycles. The Hall–Kier alpha value is -0.840. The Kier molecular flexibility index (Phi) is 5.68. The van der Waals surface area contributed by atoms with Crippen molar-refractivity contribution in [1.29, 1.82) is 0 Å². The van der Waals surface area contributed by atoms with Gasteiger partial charge in [0.15, 0.2) is 0 Å². The third-order valence-corrected chi connectivity index (χ3v) is 2.93. The van der Waals surface area contributed by atoms with Crippen molar-refractivity contribution in [2.75, 3.05) is 26.8 Å². The molecule has 4 nitrogen and oxygen atoms in total. The van der Waals surface area contributed by atoms with Crippen LogP contribution in [0.1, 0.15) is 31.4 Å². The van der Waals surface area contributed by atoms with Crippen LogP contribution in [0.5, 0.6) is 0 Å². The molecule has 1 unspecified atom stereocenters. The molecule has 2 N–H and O–H groups in total. The van der Waals surface area contributed by atoms with Gasteiger partial charge in [-0.05, 0) is 32.9 Å². The van der Waals surface area contributed by atoms with Crippen molar-refractivity contribution in [2.24, 2.45) is 5.73 Å². The number of furan rings is 1. The van der Waals surface area contributed by atoms with E-state index in [4.69, 9.17) is 14.9 Å². The first-order valence-electron chi connectivity index (χ1n) is 6.11. The molecule has 1 aromatic rings. The van der Waals surface area contributed by atoms with E-state index in [0.717, 1.165) is 18.1 Å². The van der Waals surface area contributed by atoms with E-state index in [1.165, 1.54) is 0 Å². The topological polar surface area (TPSA) is 51.6 Å². The molecule has 0 amide bonds. The summed E-state index contributed by atoms with van der Waals surface area (Å²) in [6.07, 6.45) is 0. The molecule has 1 rings (SSSR count). The molecule has 0 spiro atoms. The largest absolute Gasteiger partial charge is 0.465 e. The van der Waals surface area contributed by atoms with Crippen LogP contribution in [0, 0.1) is 6.92 Å². The average Bonchev–Trinajstić information content (AvgIpc) is 2.70. The van der Waals surface area contributed by atoms with Crippen LogP contribution >= 0.6 is 0 Å². The van der Waals surface area contributed by atoms with Gasteiger partial charge in [0, 0.05) is 26.2 Å². The highest BCUT2D eigenvalue weighted by Gasteiger charge is 2.23. The zero-order chi connectivity index (χ0) is 12.8. The standard InChI is InChI=1S/C13H24N2O2/c1-10(2)15(7-8-16-4)12(9-14)13-6-5-11(3)17-13/h5-6,10,12H,7-9,14H2,1-4H3. The summed E-state index contributed by atoms with van der Waals surface area (Å²) in [4.78, 5) is 2.31. The fourth-order valence-electron chi connectivity index (χ4n) is 2.02. The van der Waals surface area contributed by atoms with Crippen molar-refractivity contribution >= 4 is 0 Å².